The maximum atomic E-state index is 12.8. The molecule has 0 bridgehead atoms. The Kier molecular flexibility index (Phi) is 7.68. The van der Waals surface area contributed by atoms with Crippen LogP contribution in [0.1, 0.15) is 38.2 Å². The van der Waals surface area contributed by atoms with Crippen molar-refractivity contribution in [1.29, 1.82) is 5.26 Å². The van der Waals surface area contributed by atoms with Gasteiger partial charge in [0, 0.05) is 94.0 Å². The van der Waals surface area contributed by atoms with Gasteiger partial charge in [0.25, 0.3) is 0 Å². The number of pyridine rings is 1. The highest BCUT2D eigenvalue weighted by Gasteiger charge is 2.39. The number of nitriles is 1. The zero-order chi connectivity index (χ0) is 28.6. The number of amides is 1. The van der Waals surface area contributed by atoms with Crippen LogP contribution in [0.25, 0.3) is 16.8 Å². The molecule has 0 aromatic carbocycles. The van der Waals surface area contributed by atoms with Crippen molar-refractivity contribution in [2.45, 2.75) is 44.2 Å². The minimum atomic E-state index is -0.364. The van der Waals surface area contributed by atoms with Crippen LogP contribution >= 0.6 is 0 Å². The molecule has 0 radical (unpaired) electrons. The first-order valence-electron chi connectivity index (χ1n) is 14.7. The molecular weight excluding hydrogens is 518 g/mol. The smallest absolute Gasteiger partial charge is 0.225 e. The Morgan fingerprint density at radius 3 is 2.56 bits per heavy atom. The number of nitrogens with zero attached hydrogens (tertiary/aromatic N) is 7. The SMILES string of the molecule is COC1(c2ccc(-c3cc4c(N5CCN(C(=O)[C@H]6C[C@H](C#N)C6)CC5)ccnn4c3)nc2)CCN([C@@H](C)CO)CC1. The Labute approximate surface area is 241 Å². The number of hydrogen-bond acceptors (Lipinski definition) is 8. The van der Waals surface area contributed by atoms with E-state index < -0.39 is 0 Å². The third-order valence-corrected chi connectivity index (χ3v) is 9.56. The lowest BCUT2D eigenvalue weighted by Crippen LogP contribution is -2.52. The molecule has 10 nitrogen and oxygen atoms in total. The Morgan fingerprint density at radius 1 is 1.17 bits per heavy atom. The van der Waals surface area contributed by atoms with E-state index in [-0.39, 0.29) is 36.0 Å². The van der Waals surface area contributed by atoms with Crippen LogP contribution in [0.3, 0.4) is 0 Å². The molecule has 1 amide bonds. The van der Waals surface area contributed by atoms with Gasteiger partial charge in [-0.1, -0.05) is 6.07 Å². The molecule has 0 unspecified atom stereocenters. The molecule has 2 aliphatic heterocycles. The Morgan fingerprint density at radius 2 is 1.93 bits per heavy atom. The molecule has 3 aliphatic rings. The van der Waals surface area contributed by atoms with Crippen LogP contribution in [-0.2, 0) is 15.1 Å². The minimum absolute atomic E-state index is 0.0208. The molecule has 1 N–H and O–H groups in total. The lowest BCUT2D eigenvalue weighted by atomic mass is 9.75. The fraction of sp³-hybridized carbons (Fsp3) is 0.548. The molecule has 5 heterocycles. The van der Waals surface area contributed by atoms with E-state index in [1.54, 1.807) is 7.11 Å². The van der Waals surface area contributed by atoms with Crippen molar-refractivity contribution in [3.63, 3.8) is 0 Å². The van der Waals surface area contributed by atoms with Gasteiger partial charge in [-0.05, 0) is 50.8 Å². The maximum Gasteiger partial charge on any atom is 0.225 e. The van der Waals surface area contributed by atoms with Gasteiger partial charge in [0.2, 0.25) is 5.91 Å². The summed E-state index contributed by atoms with van der Waals surface area (Å²) in [4.78, 5) is 24.3. The monoisotopic (exact) mass is 557 g/mol. The van der Waals surface area contributed by atoms with E-state index in [4.69, 9.17) is 15.0 Å². The number of hydrogen-bond donors (Lipinski definition) is 1. The quantitative estimate of drug-likeness (QED) is 0.472. The summed E-state index contributed by atoms with van der Waals surface area (Å²) in [6.07, 6.45) is 8.91. The number of carbonyl (C=O) groups is 1. The summed E-state index contributed by atoms with van der Waals surface area (Å²) in [5, 5.41) is 23.1. The highest BCUT2D eigenvalue weighted by Crippen LogP contribution is 2.38. The second kappa shape index (κ2) is 11.4. The summed E-state index contributed by atoms with van der Waals surface area (Å²) in [5.74, 6) is 0.272. The molecule has 3 aromatic rings. The zero-order valence-electron chi connectivity index (χ0n) is 23.9. The molecule has 1 aliphatic carbocycles. The molecule has 41 heavy (non-hydrogen) atoms. The van der Waals surface area contributed by atoms with Gasteiger partial charge in [-0.25, -0.2) is 4.52 Å². The van der Waals surface area contributed by atoms with Gasteiger partial charge < -0.3 is 19.6 Å². The van der Waals surface area contributed by atoms with E-state index in [1.807, 2.05) is 34.1 Å². The van der Waals surface area contributed by atoms with Crippen molar-refractivity contribution >= 4 is 17.1 Å². The van der Waals surface area contributed by atoms with E-state index >= 15 is 0 Å². The van der Waals surface area contributed by atoms with Gasteiger partial charge in [-0.3, -0.25) is 14.7 Å². The molecule has 216 valence electrons. The van der Waals surface area contributed by atoms with Crippen LogP contribution in [0.2, 0.25) is 0 Å². The average molecular weight is 558 g/mol. The van der Waals surface area contributed by atoms with Crippen LogP contribution < -0.4 is 4.90 Å². The average Bonchev–Trinajstić information content (AvgIpc) is 3.45. The highest BCUT2D eigenvalue weighted by molar-refractivity contribution is 5.81. The lowest BCUT2D eigenvalue weighted by molar-refractivity contribution is -0.139. The number of piperazine rings is 1. The summed E-state index contributed by atoms with van der Waals surface area (Å²) < 4.78 is 7.98. The number of carbonyl (C=O) groups excluding carboxylic acids is 1. The third-order valence-electron chi connectivity index (χ3n) is 9.56. The summed E-state index contributed by atoms with van der Waals surface area (Å²) in [5.41, 5.74) is 4.72. The first-order valence-corrected chi connectivity index (χ1v) is 14.7. The first kappa shape index (κ1) is 27.6. The number of aliphatic hydroxyl groups excluding tert-OH is 1. The summed E-state index contributed by atoms with van der Waals surface area (Å²) >= 11 is 0. The number of anilines is 1. The molecule has 3 aromatic heterocycles. The Balaban J connectivity index is 1.14. The van der Waals surface area contributed by atoms with Gasteiger partial charge in [0.1, 0.15) is 0 Å². The predicted molar refractivity (Wildman–Crippen MR) is 155 cm³/mol. The number of methoxy groups -OCH3 is 1. The summed E-state index contributed by atoms with van der Waals surface area (Å²) in [6, 6.07) is 10.8. The topological polar surface area (TPSA) is 110 Å². The van der Waals surface area contributed by atoms with E-state index in [0.717, 1.165) is 67.0 Å². The van der Waals surface area contributed by atoms with Crippen LogP contribution in [0.5, 0.6) is 0 Å². The standard InChI is InChI=1S/C31H39N7O3/c1-22(21-39)35-9-6-31(41-2,7-10-35)26-3-4-27(33-19-26)25-17-29-28(5-8-34-38(29)20-25)36-11-13-37(14-12-36)30(40)24-15-23(16-24)18-32/h3-5,8,17,19-20,22-24,39H,6-7,9-16,21H2,1-2H3/t22-,23-,24-/m0/s1. The normalized spacial score (nSPS) is 23.7. The number of piperidine rings is 1. The molecule has 2 saturated heterocycles. The Bertz CT molecular complexity index is 1410. The first-order chi connectivity index (χ1) is 19.9. The van der Waals surface area contributed by atoms with Crippen molar-refractivity contribution in [2.24, 2.45) is 11.8 Å². The largest absolute Gasteiger partial charge is 0.395 e. The van der Waals surface area contributed by atoms with Crippen molar-refractivity contribution in [1.82, 2.24) is 24.4 Å². The molecule has 0 spiro atoms. The second-order valence-corrected chi connectivity index (χ2v) is 11.8. The number of fused-ring (bicyclic) bond motifs is 1. The van der Waals surface area contributed by atoms with Crippen molar-refractivity contribution in [2.75, 3.05) is 57.9 Å². The van der Waals surface area contributed by atoms with Gasteiger partial charge in [0.15, 0.2) is 0 Å². The van der Waals surface area contributed by atoms with Gasteiger partial charge >= 0.3 is 0 Å². The second-order valence-electron chi connectivity index (χ2n) is 11.8. The maximum absolute atomic E-state index is 12.8. The molecule has 3 fully saturated rings. The number of aromatic nitrogens is 3. The fourth-order valence-corrected chi connectivity index (χ4v) is 6.64. The van der Waals surface area contributed by atoms with Gasteiger partial charge in [-0.15, -0.1) is 0 Å². The zero-order valence-corrected chi connectivity index (χ0v) is 23.9. The lowest BCUT2D eigenvalue weighted by Gasteiger charge is -2.42. The highest BCUT2D eigenvalue weighted by atomic mass is 16.5. The predicted octanol–water partition coefficient (Wildman–Crippen LogP) is 2.91. The van der Waals surface area contributed by atoms with Gasteiger partial charge in [-0.2, -0.15) is 10.4 Å². The molecule has 1 saturated carbocycles. The van der Waals surface area contributed by atoms with E-state index in [0.29, 0.717) is 25.9 Å². The third kappa shape index (κ3) is 5.18. The number of likely N-dealkylation sites (tertiary alicyclic amines) is 1. The van der Waals surface area contributed by atoms with Crippen molar-refractivity contribution in [3.8, 4) is 17.3 Å². The Hall–Kier alpha value is -3.52. The fourth-order valence-electron chi connectivity index (χ4n) is 6.64. The number of rotatable bonds is 7. The summed E-state index contributed by atoms with van der Waals surface area (Å²) in [6.45, 7) is 6.89. The summed E-state index contributed by atoms with van der Waals surface area (Å²) in [7, 11) is 1.78. The van der Waals surface area contributed by atoms with Crippen LogP contribution in [0.15, 0.2) is 42.9 Å². The number of ether oxygens (including phenoxy) is 1. The molecule has 10 heteroatoms. The van der Waals surface area contributed by atoms with Crippen LogP contribution in [-0.4, -0.2) is 94.4 Å². The van der Waals surface area contributed by atoms with Gasteiger partial charge in [0.05, 0.1) is 35.2 Å². The van der Waals surface area contributed by atoms with E-state index in [9.17, 15) is 9.90 Å². The van der Waals surface area contributed by atoms with Crippen LogP contribution in [0, 0.1) is 23.2 Å². The minimum Gasteiger partial charge on any atom is -0.395 e. The molecule has 1 atom stereocenters. The molecular formula is C31H39N7O3. The molecule has 6 rings (SSSR count). The van der Waals surface area contributed by atoms with Crippen LogP contribution in [0.4, 0.5) is 5.69 Å². The van der Waals surface area contributed by atoms with Crippen molar-refractivity contribution in [3.05, 3.63) is 48.4 Å². The number of aliphatic hydroxyl groups is 1. The van der Waals surface area contributed by atoms with E-state index in [2.05, 4.69) is 46.1 Å². The van der Waals surface area contributed by atoms with E-state index in [1.165, 1.54) is 0 Å². The van der Waals surface area contributed by atoms with Crippen molar-refractivity contribution < 1.29 is 14.6 Å².